The SMILES string of the molecule is Cc1ccc(-c2nc(SCC(=O)NC(=O)Nc3ccc4c(c3)OCO4)n[nH]2)cc1. The van der Waals surface area contributed by atoms with Gasteiger partial charge in [0.15, 0.2) is 17.3 Å². The Labute approximate surface area is 170 Å². The molecule has 0 saturated carbocycles. The van der Waals surface area contributed by atoms with Crippen molar-refractivity contribution >= 4 is 29.4 Å². The fourth-order valence-electron chi connectivity index (χ4n) is 2.58. The van der Waals surface area contributed by atoms with Gasteiger partial charge in [0.25, 0.3) is 0 Å². The molecule has 3 N–H and O–H groups in total. The van der Waals surface area contributed by atoms with Gasteiger partial charge in [-0.1, -0.05) is 41.6 Å². The van der Waals surface area contributed by atoms with Gasteiger partial charge in [0.1, 0.15) is 0 Å². The van der Waals surface area contributed by atoms with E-state index in [9.17, 15) is 9.59 Å². The standard InChI is InChI=1S/C19H17N5O4S/c1-11-2-4-12(5-3-11)17-22-19(24-23-17)29-9-16(25)21-18(26)20-13-6-7-14-15(8-13)28-10-27-14/h2-8H,9-10H2,1H3,(H,22,23,24)(H2,20,21,25,26). The van der Waals surface area contributed by atoms with Gasteiger partial charge in [0.2, 0.25) is 17.9 Å². The van der Waals surface area contributed by atoms with Crippen molar-refractivity contribution in [2.75, 3.05) is 17.9 Å². The lowest BCUT2D eigenvalue weighted by Gasteiger charge is -2.07. The average molecular weight is 411 g/mol. The van der Waals surface area contributed by atoms with Crippen molar-refractivity contribution < 1.29 is 19.1 Å². The number of carbonyl (C=O) groups is 2. The van der Waals surface area contributed by atoms with E-state index in [1.54, 1.807) is 18.2 Å². The highest BCUT2D eigenvalue weighted by Gasteiger charge is 2.15. The lowest BCUT2D eigenvalue weighted by atomic mass is 10.1. The number of aromatic amines is 1. The maximum atomic E-state index is 12.0. The van der Waals surface area contributed by atoms with Gasteiger partial charge >= 0.3 is 6.03 Å². The summed E-state index contributed by atoms with van der Waals surface area (Å²) in [7, 11) is 0. The lowest BCUT2D eigenvalue weighted by Crippen LogP contribution is -2.35. The Morgan fingerprint density at radius 1 is 1.14 bits per heavy atom. The molecule has 0 unspecified atom stereocenters. The summed E-state index contributed by atoms with van der Waals surface area (Å²) in [6.45, 7) is 2.15. The van der Waals surface area contributed by atoms with Crippen LogP contribution < -0.4 is 20.1 Å². The van der Waals surface area contributed by atoms with Crippen LogP contribution in [0.1, 0.15) is 5.56 Å². The van der Waals surface area contributed by atoms with Crippen molar-refractivity contribution in [1.29, 1.82) is 0 Å². The lowest BCUT2D eigenvalue weighted by molar-refractivity contribution is -0.117. The van der Waals surface area contributed by atoms with Crippen LogP contribution in [0.4, 0.5) is 10.5 Å². The van der Waals surface area contributed by atoms with Crippen LogP contribution in [-0.4, -0.2) is 39.7 Å². The molecule has 0 bridgehead atoms. The minimum atomic E-state index is -0.634. The molecule has 2 heterocycles. The van der Waals surface area contributed by atoms with Crippen LogP contribution >= 0.6 is 11.8 Å². The van der Waals surface area contributed by atoms with E-state index in [2.05, 4.69) is 25.8 Å². The summed E-state index contributed by atoms with van der Waals surface area (Å²) >= 11 is 1.13. The fourth-order valence-corrected chi connectivity index (χ4v) is 3.18. The van der Waals surface area contributed by atoms with Crippen LogP contribution in [0.5, 0.6) is 11.5 Å². The van der Waals surface area contributed by atoms with Gasteiger partial charge < -0.3 is 14.8 Å². The van der Waals surface area contributed by atoms with Gasteiger partial charge in [-0.25, -0.2) is 9.78 Å². The van der Waals surface area contributed by atoms with Crippen LogP contribution in [0.15, 0.2) is 47.6 Å². The van der Waals surface area contributed by atoms with Gasteiger partial charge in [0.05, 0.1) is 5.75 Å². The Balaban J connectivity index is 1.26. The van der Waals surface area contributed by atoms with Crippen molar-refractivity contribution in [2.45, 2.75) is 12.1 Å². The molecule has 2 aromatic carbocycles. The van der Waals surface area contributed by atoms with E-state index in [1.807, 2.05) is 31.2 Å². The number of anilines is 1. The minimum Gasteiger partial charge on any atom is -0.454 e. The first-order valence-corrected chi connectivity index (χ1v) is 9.68. The van der Waals surface area contributed by atoms with Gasteiger partial charge in [-0.05, 0) is 19.1 Å². The summed E-state index contributed by atoms with van der Waals surface area (Å²) in [5.74, 6) is 1.31. The first kappa shape index (κ1) is 18.8. The Morgan fingerprint density at radius 3 is 2.76 bits per heavy atom. The molecule has 0 aliphatic carbocycles. The second-order valence-electron chi connectivity index (χ2n) is 6.19. The molecule has 9 nitrogen and oxygen atoms in total. The van der Waals surface area contributed by atoms with Crippen LogP contribution in [0.2, 0.25) is 0 Å². The molecule has 0 atom stereocenters. The molecule has 10 heteroatoms. The fraction of sp³-hybridized carbons (Fsp3) is 0.158. The number of imide groups is 1. The largest absolute Gasteiger partial charge is 0.454 e. The predicted molar refractivity (Wildman–Crippen MR) is 107 cm³/mol. The number of benzene rings is 2. The quantitative estimate of drug-likeness (QED) is 0.552. The molecule has 0 radical (unpaired) electrons. The number of rotatable bonds is 5. The highest BCUT2D eigenvalue weighted by Crippen LogP contribution is 2.34. The average Bonchev–Trinajstić information content (AvgIpc) is 3.36. The van der Waals surface area contributed by atoms with Crippen LogP contribution in [0.3, 0.4) is 0 Å². The molecule has 0 fully saturated rings. The topological polar surface area (TPSA) is 118 Å². The maximum absolute atomic E-state index is 12.0. The molecular formula is C19H17N5O4S. The summed E-state index contributed by atoms with van der Waals surface area (Å²) in [4.78, 5) is 28.4. The van der Waals surface area contributed by atoms with Crippen LogP contribution in [0, 0.1) is 6.92 Å². The van der Waals surface area contributed by atoms with E-state index in [4.69, 9.17) is 9.47 Å². The van der Waals surface area contributed by atoms with E-state index in [0.29, 0.717) is 28.2 Å². The van der Waals surface area contributed by atoms with Gasteiger partial charge in [0, 0.05) is 17.3 Å². The number of thioether (sulfide) groups is 1. The number of aromatic nitrogens is 3. The van der Waals surface area contributed by atoms with E-state index in [0.717, 1.165) is 22.9 Å². The molecule has 0 spiro atoms. The maximum Gasteiger partial charge on any atom is 0.325 e. The molecule has 148 valence electrons. The van der Waals surface area contributed by atoms with Crippen LogP contribution in [-0.2, 0) is 4.79 Å². The Morgan fingerprint density at radius 2 is 1.93 bits per heavy atom. The van der Waals surface area contributed by atoms with Crippen molar-refractivity contribution in [3.63, 3.8) is 0 Å². The Bertz CT molecular complexity index is 1050. The zero-order valence-electron chi connectivity index (χ0n) is 15.4. The molecular weight excluding hydrogens is 394 g/mol. The van der Waals surface area contributed by atoms with E-state index in [-0.39, 0.29) is 12.5 Å². The molecule has 3 aromatic rings. The van der Waals surface area contributed by atoms with Gasteiger partial charge in [-0.3, -0.25) is 15.2 Å². The van der Waals surface area contributed by atoms with Crippen molar-refractivity contribution in [3.8, 4) is 22.9 Å². The summed E-state index contributed by atoms with van der Waals surface area (Å²) in [5, 5.41) is 12.2. The normalized spacial score (nSPS) is 11.9. The van der Waals surface area contributed by atoms with Crippen molar-refractivity contribution in [1.82, 2.24) is 20.5 Å². The van der Waals surface area contributed by atoms with E-state index >= 15 is 0 Å². The van der Waals surface area contributed by atoms with Gasteiger partial charge in [-0.2, -0.15) is 0 Å². The first-order chi connectivity index (χ1) is 14.1. The third-order valence-electron chi connectivity index (χ3n) is 4.01. The summed E-state index contributed by atoms with van der Waals surface area (Å²) in [6.07, 6.45) is 0. The first-order valence-electron chi connectivity index (χ1n) is 8.69. The Kier molecular flexibility index (Phi) is 5.34. The van der Waals surface area contributed by atoms with Gasteiger partial charge in [-0.15, -0.1) is 5.10 Å². The van der Waals surface area contributed by atoms with Crippen molar-refractivity contribution in [3.05, 3.63) is 48.0 Å². The molecule has 3 amide bonds. The van der Waals surface area contributed by atoms with E-state index in [1.165, 1.54) is 0 Å². The third-order valence-corrected chi connectivity index (χ3v) is 4.85. The number of hydrogen-bond donors (Lipinski definition) is 3. The zero-order valence-corrected chi connectivity index (χ0v) is 16.2. The molecule has 0 saturated heterocycles. The van der Waals surface area contributed by atoms with E-state index < -0.39 is 11.9 Å². The predicted octanol–water partition coefficient (Wildman–Crippen LogP) is 2.95. The molecule has 1 aromatic heterocycles. The zero-order chi connectivity index (χ0) is 20.2. The monoisotopic (exact) mass is 411 g/mol. The number of ether oxygens (including phenoxy) is 2. The summed E-state index contributed by atoms with van der Waals surface area (Å²) < 4.78 is 10.5. The number of carbonyl (C=O) groups excluding carboxylic acids is 2. The minimum absolute atomic E-state index is 0.000248. The molecule has 1 aliphatic heterocycles. The molecule has 29 heavy (non-hydrogen) atoms. The number of aryl methyl sites for hydroxylation is 1. The number of H-pyrrole nitrogens is 1. The smallest absolute Gasteiger partial charge is 0.325 e. The number of nitrogens with zero attached hydrogens (tertiary/aromatic N) is 2. The number of amides is 3. The highest BCUT2D eigenvalue weighted by molar-refractivity contribution is 7.99. The summed E-state index contributed by atoms with van der Waals surface area (Å²) in [6, 6.07) is 12.2. The number of urea groups is 1. The third kappa shape index (κ3) is 4.66. The number of fused-ring (bicyclic) bond motifs is 1. The number of hydrogen-bond acceptors (Lipinski definition) is 7. The Hall–Kier alpha value is -3.53. The molecule has 1 aliphatic rings. The van der Waals surface area contributed by atoms with Crippen LogP contribution in [0.25, 0.3) is 11.4 Å². The van der Waals surface area contributed by atoms with Crippen molar-refractivity contribution in [2.24, 2.45) is 0 Å². The number of nitrogens with one attached hydrogen (secondary N) is 3. The highest BCUT2D eigenvalue weighted by atomic mass is 32.2. The molecule has 4 rings (SSSR count). The second kappa shape index (κ2) is 8.23. The summed E-state index contributed by atoms with van der Waals surface area (Å²) in [5.41, 5.74) is 2.55. The second-order valence-corrected chi connectivity index (χ2v) is 7.13.